The van der Waals surface area contributed by atoms with Crippen LogP contribution in [0.2, 0.25) is 0 Å². The first-order valence-corrected chi connectivity index (χ1v) is 7.62. The molecule has 0 aliphatic rings. The number of benzene rings is 1. The molecular weight excluding hydrogens is 284 g/mol. The van der Waals surface area contributed by atoms with E-state index in [9.17, 15) is 10.1 Å². The minimum atomic E-state index is -0.301. The van der Waals surface area contributed by atoms with Gasteiger partial charge in [-0.25, -0.2) is 4.98 Å². The van der Waals surface area contributed by atoms with Crippen LogP contribution < -0.4 is 0 Å². The number of aromatic nitrogens is 1. The maximum Gasteiger partial charge on any atom is 0.316 e. The van der Waals surface area contributed by atoms with Crippen molar-refractivity contribution in [3.63, 3.8) is 0 Å². The number of nitrogens with zero attached hydrogens (tertiary/aromatic N) is 2. The second-order valence-electron chi connectivity index (χ2n) is 4.98. The zero-order valence-corrected chi connectivity index (χ0v) is 13.0. The van der Waals surface area contributed by atoms with Crippen LogP contribution >= 0.6 is 11.8 Å². The molecule has 2 aromatic rings. The number of rotatable bonds is 4. The number of carbonyl (C=O) groups is 1. The summed E-state index contributed by atoms with van der Waals surface area (Å²) >= 11 is 1.23. The molecule has 0 aliphatic carbocycles. The van der Waals surface area contributed by atoms with E-state index in [1.807, 2.05) is 31.2 Å². The van der Waals surface area contributed by atoms with Crippen LogP contribution in [-0.4, -0.2) is 22.8 Å². The fourth-order valence-corrected chi connectivity index (χ4v) is 2.64. The summed E-state index contributed by atoms with van der Waals surface area (Å²) in [5.74, 6) is -0.151. The number of hydrogen-bond donors (Lipinski definition) is 0. The van der Waals surface area contributed by atoms with Crippen LogP contribution in [0.1, 0.15) is 25.0 Å². The third-order valence-electron chi connectivity index (χ3n) is 2.75. The fraction of sp³-hybridized carbons (Fsp3) is 0.312. The van der Waals surface area contributed by atoms with E-state index in [1.165, 1.54) is 11.8 Å². The number of esters is 1. The molecule has 0 N–H and O–H groups in total. The van der Waals surface area contributed by atoms with Crippen LogP contribution in [0, 0.1) is 18.3 Å². The summed E-state index contributed by atoms with van der Waals surface area (Å²) in [6.45, 7) is 5.61. The van der Waals surface area contributed by atoms with Gasteiger partial charge in [0.05, 0.1) is 22.9 Å². The number of thioether (sulfide) groups is 1. The number of hydrogen-bond acceptors (Lipinski definition) is 5. The van der Waals surface area contributed by atoms with Crippen LogP contribution in [-0.2, 0) is 9.53 Å². The molecule has 5 heteroatoms. The van der Waals surface area contributed by atoms with Crippen molar-refractivity contribution in [1.82, 2.24) is 4.98 Å². The number of pyridine rings is 1. The van der Waals surface area contributed by atoms with Crippen LogP contribution in [0.15, 0.2) is 29.3 Å². The second-order valence-corrected chi connectivity index (χ2v) is 5.94. The first-order valence-electron chi connectivity index (χ1n) is 6.63. The van der Waals surface area contributed by atoms with Crippen molar-refractivity contribution in [3.05, 3.63) is 35.4 Å². The molecule has 0 radical (unpaired) electrons. The Labute approximate surface area is 128 Å². The number of carbonyl (C=O) groups excluding carboxylic acids is 1. The Morgan fingerprint density at radius 1 is 1.43 bits per heavy atom. The van der Waals surface area contributed by atoms with Crippen molar-refractivity contribution in [2.24, 2.45) is 0 Å². The van der Waals surface area contributed by atoms with E-state index in [4.69, 9.17) is 4.74 Å². The molecule has 0 unspecified atom stereocenters. The van der Waals surface area contributed by atoms with E-state index in [2.05, 4.69) is 11.1 Å². The quantitative estimate of drug-likeness (QED) is 0.639. The van der Waals surface area contributed by atoms with Gasteiger partial charge in [-0.3, -0.25) is 4.79 Å². The molecule has 0 spiro atoms. The van der Waals surface area contributed by atoms with Gasteiger partial charge in [0.15, 0.2) is 0 Å². The van der Waals surface area contributed by atoms with Gasteiger partial charge >= 0.3 is 5.97 Å². The van der Waals surface area contributed by atoms with Gasteiger partial charge in [0.25, 0.3) is 0 Å². The Kier molecular flexibility index (Phi) is 4.81. The van der Waals surface area contributed by atoms with Crippen molar-refractivity contribution in [3.8, 4) is 6.07 Å². The van der Waals surface area contributed by atoms with Gasteiger partial charge in [-0.05, 0) is 39.0 Å². The van der Waals surface area contributed by atoms with E-state index in [1.54, 1.807) is 13.8 Å². The van der Waals surface area contributed by atoms with Gasteiger partial charge in [-0.2, -0.15) is 5.26 Å². The van der Waals surface area contributed by atoms with Gasteiger partial charge in [0.2, 0.25) is 0 Å². The molecule has 1 aromatic heterocycles. The predicted molar refractivity (Wildman–Crippen MR) is 83.1 cm³/mol. The van der Waals surface area contributed by atoms with Crippen molar-refractivity contribution in [1.29, 1.82) is 5.26 Å². The molecular formula is C16H16N2O2S. The molecule has 1 aromatic carbocycles. The summed E-state index contributed by atoms with van der Waals surface area (Å²) in [6.07, 6.45) is -0.138. The monoisotopic (exact) mass is 300 g/mol. The average Bonchev–Trinajstić information content (AvgIpc) is 2.43. The highest BCUT2D eigenvalue weighted by molar-refractivity contribution is 7.99. The van der Waals surface area contributed by atoms with E-state index in [0.29, 0.717) is 10.6 Å². The second kappa shape index (κ2) is 6.59. The highest BCUT2D eigenvalue weighted by atomic mass is 32.2. The summed E-state index contributed by atoms with van der Waals surface area (Å²) < 4.78 is 5.08. The molecule has 2 rings (SSSR count). The Balaban J connectivity index is 2.25. The summed E-state index contributed by atoms with van der Waals surface area (Å²) in [6, 6.07) is 9.83. The number of nitriles is 1. The topological polar surface area (TPSA) is 63.0 Å². The van der Waals surface area contributed by atoms with E-state index >= 15 is 0 Å². The number of fused-ring (bicyclic) bond motifs is 1. The van der Waals surface area contributed by atoms with Crippen LogP contribution in [0.4, 0.5) is 0 Å². The minimum absolute atomic E-state index is 0.138. The van der Waals surface area contributed by atoms with E-state index < -0.39 is 0 Å². The lowest BCUT2D eigenvalue weighted by Gasteiger charge is -2.08. The molecule has 0 aliphatic heterocycles. The fourth-order valence-electron chi connectivity index (χ4n) is 1.89. The van der Waals surface area contributed by atoms with Crippen LogP contribution in [0.3, 0.4) is 0 Å². The van der Waals surface area contributed by atoms with Gasteiger partial charge in [0.1, 0.15) is 11.1 Å². The summed E-state index contributed by atoms with van der Waals surface area (Å²) in [5.41, 5.74) is 2.42. The SMILES string of the molecule is Cc1ccc2nc(SCC(=O)OC(C)C)c(C#N)cc2c1. The predicted octanol–water partition coefficient (Wildman–Crippen LogP) is 3.46. The summed E-state index contributed by atoms with van der Waals surface area (Å²) in [4.78, 5) is 16.1. The van der Waals surface area contributed by atoms with Crippen molar-refractivity contribution in [2.75, 3.05) is 5.75 Å². The highest BCUT2D eigenvalue weighted by Gasteiger charge is 2.12. The van der Waals surface area contributed by atoms with E-state index in [0.717, 1.165) is 16.5 Å². The Morgan fingerprint density at radius 2 is 2.19 bits per heavy atom. The molecule has 0 fully saturated rings. The first-order chi connectivity index (χ1) is 9.99. The van der Waals surface area contributed by atoms with Crippen molar-refractivity contribution < 1.29 is 9.53 Å². The Bertz CT molecular complexity index is 720. The maximum atomic E-state index is 11.6. The molecule has 0 saturated heterocycles. The van der Waals surface area contributed by atoms with Gasteiger partial charge in [0, 0.05) is 5.39 Å². The lowest BCUT2D eigenvalue weighted by Crippen LogP contribution is -2.13. The number of aryl methyl sites for hydroxylation is 1. The lowest BCUT2D eigenvalue weighted by atomic mass is 10.1. The molecule has 108 valence electrons. The summed E-state index contributed by atoms with van der Waals surface area (Å²) in [7, 11) is 0. The standard InChI is InChI=1S/C16H16N2O2S/c1-10(2)20-15(19)9-21-16-13(8-17)7-12-6-11(3)4-5-14(12)18-16/h4-7,10H,9H2,1-3H3. The van der Waals surface area contributed by atoms with E-state index in [-0.39, 0.29) is 17.8 Å². The first kappa shape index (κ1) is 15.3. The molecule has 4 nitrogen and oxygen atoms in total. The molecule has 0 bridgehead atoms. The largest absolute Gasteiger partial charge is 0.462 e. The summed E-state index contributed by atoms with van der Waals surface area (Å²) in [5, 5.41) is 10.7. The Hall–Kier alpha value is -2.06. The lowest BCUT2D eigenvalue weighted by molar-refractivity contribution is -0.144. The van der Waals surface area contributed by atoms with Gasteiger partial charge in [-0.15, -0.1) is 0 Å². The maximum absolute atomic E-state index is 11.6. The molecule has 0 saturated carbocycles. The normalized spacial score (nSPS) is 10.6. The van der Waals surface area contributed by atoms with Gasteiger partial charge in [-0.1, -0.05) is 23.4 Å². The molecule has 0 amide bonds. The smallest absolute Gasteiger partial charge is 0.316 e. The number of ether oxygens (including phenoxy) is 1. The van der Waals surface area contributed by atoms with Crippen LogP contribution in [0.25, 0.3) is 10.9 Å². The van der Waals surface area contributed by atoms with Crippen molar-refractivity contribution in [2.45, 2.75) is 31.9 Å². The molecule has 21 heavy (non-hydrogen) atoms. The zero-order chi connectivity index (χ0) is 15.4. The average molecular weight is 300 g/mol. The third-order valence-corrected chi connectivity index (χ3v) is 3.71. The van der Waals surface area contributed by atoms with Crippen molar-refractivity contribution >= 4 is 28.6 Å². The zero-order valence-electron chi connectivity index (χ0n) is 12.2. The highest BCUT2D eigenvalue weighted by Crippen LogP contribution is 2.25. The molecule has 1 heterocycles. The van der Waals surface area contributed by atoms with Gasteiger partial charge < -0.3 is 4.74 Å². The Morgan fingerprint density at radius 3 is 2.86 bits per heavy atom. The van der Waals surface area contributed by atoms with Crippen LogP contribution in [0.5, 0.6) is 0 Å². The molecule has 0 atom stereocenters. The third kappa shape index (κ3) is 3.96. The minimum Gasteiger partial charge on any atom is -0.462 e.